The van der Waals surface area contributed by atoms with Crippen LogP contribution in [0.15, 0.2) is 21.5 Å². The normalized spacial score (nSPS) is 11.8. The zero-order valence-corrected chi connectivity index (χ0v) is 15.8. The molecule has 1 amide bonds. The highest BCUT2D eigenvalue weighted by molar-refractivity contribution is 9.10. The van der Waals surface area contributed by atoms with Crippen LogP contribution in [0.1, 0.15) is 30.6 Å². The largest absolute Gasteiger partial charge is 0.342 e. The van der Waals surface area contributed by atoms with E-state index in [-0.39, 0.29) is 21.4 Å². The van der Waals surface area contributed by atoms with Crippen molar-refractivity contribution in [1.82, 2.24) is 4.90 Å². The fourth-order valence-electron chi connectivity index (χ4n) is 1.66. The van der Waals surface area contributed by atoms with Gasteiger partial charge in [0, 0.05) is 28.7 Å². The van der Waals surface area contributed by atoms with Crippen molar-refractivity contribution < 1.29 is 13.2 Å². The van der Waals surface area contributed by atoms with Crippen molar-refractivity contribution in [3.05, 3.63) is 27.2 Å². The molecule has 0 radical (unpaired) electrons. The van der Waals surface area contributed by atoms with Gasteiger partial charge in [-0.1, -0.05) is 41.4 Å². The minimum Gasteiger partial charge on any atom is -0.342 e. The molecule has 8 heteroatoms. The van der Waals surface area contributed by atoms with Crippen LogP contribution in [0.3, 0.4) is 0 Å². The topological polar surface area (TPSA) is 54.5 Å². The van der Waals surface area contributed by atoms with Gasteiger partial charge in [-0.25, -0.2) is 8.42 Å². The first-order valence-corrected chi connectivity index (χ1v) is 9.71. The number of hydrogen-bond donors (Lipinski definition) is 0. The third-order valence-corrected chi connectivity index (χ3v) is 5.21. The molecule has 0 aromatic heterocycles. The van der Waals surface area contributed by atoms with Gasteiger partial charge in [0.1, 0.15) is 4.90 Å². The third-order valence-electron chi connectivity index (χ3n) is 2.89. The highest BCUT2D eigenvalue weighted by atomic mass is 79.9. The lowest BCUT2D eigenvalue weighted by Crippen LogP contribution is -2.29. The van der Waals surface area contributed by atoms with Crippen LogP contribution in [0.25, 0.3) is 0 Å². The standard InChI is InChI=1S/C13H16BrCl2NO3S/c1-8(2)4-5-17(3)13(18)10-6-9(14)7-11(12(10)15)21(16,19)20/h6-8H,4-5H2,1-3H3. The molecule has 0 spiro atoms. The molecule has 1 rings (SSSR count). The van der Waals surface area contributed by atoms with Crippen LogP contribution in [-0.2, 0) is 9.05 Å². The third kappa shape index (κ3) is 5.13. The maximum Gasteiger partial charge on any atom is 0.262 e. The number of hydrogen-bond acceptors (Lipinski definition) is 3. The molecule has 4 nitrogen and oxygen atoms in total. The number of nitrogens with zero attached hydrogens (tertiary/aromatic N) is 1. The molecular weight excluding hydrogens is 401 g/mol. The summed E-state index contributed by atoms with van der Waals surface area (Å²) in [5.41, 5.74) is 0.108. The number of carbonyl (C=O) groups excluding carboxylic acids is 1. The van der Waals surface area contributed by atoms with Gasteiger partial charge in [0.05, 0.1) is 10.6 Å². The Morgan fingerprint density at radius 3 is 2.43 bits per heavy atom. The molecule has 0 fully saturated rings. The average Bonchev–Trinajstić information content (AvgIpc) is 2.36. The van der Waals surface area contributed by atoms with E-state index in [1.165, 1.54) is 17.0 Å². The smallest absolute Gasteiger partial charge is 0.262 e. The fourth-order valence-corrected chi connectivity index (χ4v) is 3.84. The lowest BCUT2D eigenvalue weighted by Gasteiger charge is -2.19. The summed E-state index contributed by atoms with van der Waals surface area (Å²) in [5.74, 6) is 0.112. The molecule has 0 bridgehead atoms. The van der Waals surface area contributed by atoms with Crippen LogP contribution >= 0.6 is 38.2 Å². The Kier molecular flexibility index (Phi) is 6.53. The molecule has 0 unspecified atom stereocenters. The van der Waals surface area contributed by atoms with Gasteiger partial charge in [0.25, 0.3) is 15.0 Å². The second kappa shape index (κ2) is 7.31. The Labute approximate surface area is 143 Å². The molecule has 0 aliphatic heterocycles. The molecular formula is C13H16BrCl2NO3S. The average molecular weight is 417 g/mol. The van der Waals surface area contributed by atoms with Crippen molar-refractivity contribution in [2.75, 3.05) is 13.6 Å². The van der Waals surface area contributed by atoms with Crippen molar-refractivity contribution in [1.29, 1.82) is 0 Å². The van der Waals surface area contributed by atoms with Gasteiger partial charge in [-0.15, -0.1) is 0 Å². The summed E-state index contributed by atoms with van der Waals surface area (Å²) in [7, 11) is 2.96. The van der Waals surface area contributed by atoms with Crippen LogP contribution in [0, 0.1) is 5.92 Å². The fraction of sp³-hybridized carbons (Fsp3) is 0.462. The van der Waals surface area contributed by atoms with E-state index in [1.54, 1.807) is 7.05 Å². The van der Waals surface area contributed by atoms with Crippen molar-refractivity contribution in [3.63, 3.8) is 0 Å². The van der Waals surface area contributed by atoms with Crippen molar-refractivity contribution in [2.24, 2.45) is 5.92 Å². The Bertz CT molecular complexity index is 647. The Morgan fingerprint density at radius 1 is 1.38 bits per heavy atom. The molecule has 0 aliphatic carbocycles. The van der Waals surface area contributed by atoms with Crippen LogP contribution in [0.4, 0.5) is 0 Å². The second-order valence-electron chi connectivity index (χ2n) is 5.11. The van der Waals surface area contributed by atoms with Gasteiger partial charge in [-0.2, -0.15) is 0 Å². The summed E-state index contributed by atoms with van der Waals surface area (Å²) < 4.78 is 23.4. The van der Waals surface area contributed by atoms with E-state index in [1.807, 2.05) is 0 Å². The van der Waals surface area contributed by atoms with E-state index >= 15 is 0 Å². The van der Waals surface area contributed by atoms with Gasteiger partial charge in [0.2, 0.25) is 0 Å². The van der Waals surface area contributed by atoms with E-state index in [2.05, 4.69) is 29.8 Å². The van der Waals surface area contributed by atoms with Crippen molar-refractivity contribution in [2.45, 2.75) is 25.2 Å². The van der Waals surface area contributed by atoms with Gasteiger partial charge < -0.3 is 4.90 Å². The lowest BCUT2D eigenvalue weighted by atomic mass is 10.1. The Balaban J connectivity index is 3.19. The molecule has 0 heterocycles. The SMILES string of the molecule is CC(C)CCN(C)C(=O)c1cc(Br)cc(S(=O)(=O)Cl)c1Cl. The summed E-state index contributed by atoms with van der Waals surface area (Å²) in [5, 5.41) is -0.158. The van der Waals surface area contributed by atoms with E-state index < -0.39 is 9.05 Å². The second-order valence-corrected chi connectivity index (χ2v) is 8.94. The molecule has 0 saturated carbocycles. The first-order chi connectivity index (χ1) is 9.54. The minimum absolute atomic E-state index is 0.108. The zero-order chi connectivity index (χ0) is 16.4. The zero-order valence-electron chi connectivity index (χ0n) is 11.9. The first-order valence-electron chi connectivity index (χ1n) is 6.23. The summed E-state index contributed by atoms with van der Waals surface area (Å²) in [4.78, 5) is 13.6. The van der Waals surface area contributed by atoms with Gasteiger partial charge >= 0.3 is 0 Å². The van der Waals surface area contributed by atoms with E-state index in [4.69, 9.17) is 22.3 Å². The molecule has 0 aliphatic rings. The lowest BCUT2D eigenvalue weighted by molar-refractivity contribution is 0.0789. The number of rotatable bonds is 5. The molecule has 118 valence electrons. The van der Waals surface area contributed by atoms with Crippen LogP contribution in [0.5, 0.6) is 0 Å². The maximum atomic E-state index is 12.4. The highest BCUT2D eigenvalue weighted by Crippen LogP contribution is 2.32. The summed E-state index contributed by atoms with van der Waals surface area (Å²) in [6, 6.07) is 2.76. The predicted molar refractivity (Wildman–Crippen MR) is 88.6 cm³/mol. The monoisotopic (exact) mass is 415 g/mol. The molecule has 1 aromatic carbocycles. The summed E-state index contributed by atoms with van der Waals surface area (Å²) in [6.45, 7) is 4.67. The van der Waals surface area contributed by atoms with E-state index in [9.17, 15) is 13.2 Å². The van der Waals surface area contributed by atoms with Crippen LogP contribution in [-0.4, -0.2) is 32.8 Å². The predicted octanol–water partition coefficient (Wildman–Crippen LogP) is 4.15. The highest BCUT2D eigenvalue weighted by Gasteiger charge is 2.23. The van der Waals surface area contributed by atoms with Gasteiger partial charge in [-0.05, 0) is 24.5 Å². The van der Waals surface area contributed by atoms with Crippen LogP contribution in [0.2, 0.25) is 5.02 Å². The van der Waals surface area contributed by atoms with Gasteiger partial charge in [-0.3, -0.25) is 4.79 Å². The quantitative estimate of drug-likeness (QED) is 0.677. The van der Waals surface area contributed by atoms with E-state index in [0.717, 1.165) is 6.42 Å². The maximum absolute atomic E-state index is 12.4. The number of amides is 1. The van der Waals surface area contributed by atoms with E-state index in [0.29, 0.717) is 16.9 Å². The number of halogens is 3. The number of benzene rings is 1. The molecule has 0 N–H and O–H groups in total. The molecule has 21 heavy (non-hydrogen) atoms. The molecule has 0 saturated heterocycles. The Morgan fingerprint density at radius 2 is 1.95 bits per heavy atom. The summed E-state index contributed by atoms with van der Waals surface area (Å²) >= 11 is 9.20. The van der Waals surface area contributed by atoms with Crippen molar-refractivity contribution in [3.8, 4) is 0 Å². The minimum atomic E-state index is -4.02. The molecule has 1 aromatic rings. The van der Waals surface area contributed by atoms with Gasteiger partial charge in [0.15, 0.2) is 0 Å². The first kappa shape index (κ1) is 18.7. The van der Waals surface area contributed by atoms with Crippen LogP contribution < -0.4 is 0 Å². The number of carbonyl (C=O) groups is 1. The Hall–Kier alpha value is -0.300. The van der Waals surface area contributed by atoms with Crippen molar-refractivity contribution >= 4 is 53.2 Å². The summed E-state index contributed by atoms with van der Waals surface area (Å²) in [6.07, 6.45) is 0.842. The molecule has 0 atom stereocenters.